The van der Waals surface area contributed by atoms with Gasteiger partial charge in [0, 0.05) is 13.0 Å². The molecule has 0 unspecified atom stereocenters. The van der Waals surface area contributed by atoms with Gasteiger partial charge in [0.1, 0.15) is 5.82 Å². The van der Waals surface area contributed by atoms with Crippen LogP contribution in [0, 0.1) is 12.3 Å². The summed E-state index contributed by atoms with van der Waals surface area (Å²) in [6.45, 7) is 2.30. The summed E-state index contributed by atoms with van der Waals surface area (Å²) in [5, 5.41) is 27.9. The molecule has 0 amide bonds. The van der Waals surface area contributed by atoms with Crippen molar-refractivity contribution in [3.63, 3.8) is 0 Å². The lowest BCUT2D eigenvalue weighted by Crippen LogP contribution is -2.48. The summed E-state index contributed by atoms with van der Waals surface area (Å²) in [6, 6.07) is 14.2. The van der Waals surface area contributed by atoms with Crippen LogP contribution in [-0.4, -0.2) is 42.8 Å². The Morgan fingerprint density at radius 2 is 1.54 bits per heavy atom. The predicted octanol–water partition coefficient (Wildman–Crippen LogP) is 2.18. The van der Waals surface area contributed by atoms with Gasteiger partial charge >= 0.3 is 17.9 Å². The normalized spacial score (nSPS) is 11.5. The van der Waals surface area contributed by atoms with E-state index in [1.165, 1.54) is 6.07 Å². The van der Waals surface area contributed by atoms with Crippen LogP contribution in [0.3, 0.4) is 0 Å². The molecule has 0 saturated heterocycles. The summed E-state index contributed by atoms with van der Waals surface area (Å²) in [5.41, 5.74) is -0.0688. The highest BCUT2D eigenvalue weighted by atomic mass is 16.4. The minimum atomic E-state index is -2.93. The van der Waals surface area contributed by atoms with Gasteiger partial charge in [0.15, 0.2) is 0 Å². The lowest BCUT2D eigenvalue weighted by Gasteiger charge is -2.20. The van der Waals surface area contributed by atoms with Crippen LogP contribution in [0.15, 0.2) is 48.5 Å². The number of imidazole rings is 1. The number of carboxylic acids is 3. The van der Waals surface area contributed by atoms with E-state index in [0.29, 0.717) is 12.1 Å². The Balaban J connectivity index is 1.96. The maximum Gasteiger partial charge on any atom is 0.333 e. The number of aliphatic carboxylic acids is 3. The number of para-hydroxylation sites is 2. The molecule has 8 heteroatoms. The predicted molar refractivity (Wildman–Crippen MR) is 99.1 cm³/mol. The molecule has 1 heterocycles. The molecule has 0 atom stereocenters. The molecule has 28 heavy (non-hydrogen) atoms. The fraction of sp³-hybridized carbons (Fsp3) is 0.200. The first-order valence-corrected chi connectivity index (χ1v) is 8.45. The molecular formula is C20H18N2O6. The van der Waals surface area contributed by atoms with E-state index >= 15 is 0 Å². The molecule has 0 aliphatic heterocycles. The van der Waals surface area contributed by atoms with Gasteiger partial charge < -0.3 is 19.9 Å². The molecule has 3 N–H and O–H groups in total. The number of aryl methyl sites for hydroxylation is 1. The van der Waals surface area contributed by atoms with Crippen LogP contribution in [0.5, 0.6) is 0 Å². The van der Waals surface area contributed by atoms with Crippen molar-refractivity contribution in [2.75, 3.05) is 0 Å². The summed E-state index contributed by atoms with van der Waals surface area (Å²) >= 11 is 0. The Morgan fingerprint density at radius 3 is 2.18 bits per heavy atom. The van der Waals surface area contributed by atoms with Gasteiger partial charge in [-0.3, -0.25) is 14.4 Å². The van der Waals surface area contributed by atoms with Gasteiger partial charge in [0.25, 0.3) is 5.41 Å². The van der Waals surface area contributed by atoms with E-state index in [1.54, 1.807) is 12.1 Å². The number of hydrogen-bond acceptors (Lipinski definition) is 4. The Labute approximate surface area is 159 Å². The second-order valence-corrected chi connectivity index (χ2v) is 6.55. The first-order chi connectivity index (χ1) is 13.3. The lowest BCUT2D eigenvalue weighted by molar-refractivity contribution is -0.175. The van der Waals surface area contributed by atoms with Crippen LogP contribution in [-0.2, 0) is 27.3 Å². The Hall–Kier alpha value is -3.68. The lowest BCUT2D eigenvalue weighted by atomic mass is 9.81. The first kappa shape index (κ1) is 19.1. The molecule has 0 saturated carbocycles. The molecule has 0 bridgehead atoms. The van der Waals surface area contributed by atoms with E-state index in [4.69, 9.17) is 0 Å². The molecule has 0 aliphatic carbocycles. The number of hydrogen-bond donors (Lipinski definition) is 3. The molecule has 2 aromatic carbocycles. The van der Waals surface area contributed by atoms with Crippen LogP contribution < -0.4 is 0 Å². The minimum absolute atomic E-state index is 0.312. The molecule has 144 valence electrons. The molecule has 0 fully saturated rings. The maximum atomic E-state index is 11.5. The highest BCUT2D eigenvalue weighted by Gasteiger charge is 2.54. The van der Waals surface area contributed by atoms with Gasteiger partial charge in [-0.15, -0.1) is 0 Å². The van der Waals surface area contributed by atoms with Crippen LogP contribution in [0.4, 0.5) is 0 Å². The average molecular weight is 382 g/mol. The zero-order chi connectivity index (χ0) is 20.5. The second kappa shape index (κ2) is 7.15. The molecule has 0 spiro atoms. The monoisotopic (exact) mass is 382 g/mol. The summed E-state index contributed by atoms with van der Waals surface area (Å²) in [7, 11) is 0. The average Bonchev–Trinajstić information content (AvgIpc) is 2.94. The van der Waals surface area contributed by atoms with E-state index in [1.807, 2.05) is 41.8 Å². The third-order valence-electron chi connectivity index (χ3n) is 4.74. The third kappa shape index (κ3) is 3.20. The van der Waals surface area contributed by atoms with Crippen molar-refractivity contribution < 1.29 is 29.7 Å². The molecule has 8 nitrogen and oxygen atoms in total. The Bertz CT molecular complexity index is 1050. The fourth-order valence-electron chi connectivity index (χ4n) is 3.22. The van der Waals surface area contributed by atoms with Crippen LogP contribution >= 0.6 is 0 Å². The topological polar surface area (TPSA) is 130 Å². The Kier molecular flexibility index (Phi) is 4.87. The second-order valence-electron chi connectivity index (χ2n) is 6.55. The van der Waals surface area contributed by atoms with Crippen molar-refractivity contribution >= 4 is 28.9 Å². The zero-order valence-corrected chi connectivity index (χ0v) is 15.0. The van der Waals surface area contributed by atoms with Crippen LogP contribution in [0.1, 0.15) is 17.0 Å². The molecule has 0 radical (unpaired) electrons. The molecule has 1 aromatic heterocycles. The number of carboxylic acid groups (broad SMARTS) is 3. The number of benzene rings is 2. The van der Waals surface area contributed by atoms with Crippen LogP contribution in [0.25, 0.3) is 11.0 Å². The maximum absolute atomic E-state index is 11.5. The van der Waals surface area contributed by atoms with Crippen molar-refractivity contribution in [2.24, 2.45) is 5.41 Å². The van der Waals surface area contributed by atoms with Crippen molar-refractivity contribution in [1.29, 1.82) is 0 Å². The number of nitrogens with zero attached hydrogens (tertiary/aromatic N) is 2. The number of rotatable bonds is 7. The zero-order valence-electron chi connectivity index (χ0n) is 15.0. The third-order valence-corrected chi connectivity index (χ3v) is 4.74. The van der Waals surface area contributed by atoms with E-state index in [-0.39, 0.29) is 0 Å². The summed E-state index contributed by atoms with van der Waals surface area (Å²) in [4.78, 5) is 38.9. The quantitative estimate of drug-likeness (QED) is 0.534. The van der Waals surface area contributed by atoms with Gasteiger partial charge in [-0.1, -0.05) is 36.4 Å². The fourth-order valence-corrected chi connectivity index (χ4v) is 3.22. The molecule has 3 rings (SSSR count). The van der Waals surface area contributed by atoms with Crippen molar-refractivity contribution in [3.8, 4) is 0 Å². The van der Waals surface area contributed by atoms with E-state index in [9.17, 15) is 29.7 Å². The van der Waals surface area contributed by atoms with Crippen molar-refractivity contribution in [3.05, 3.63) is 65.5 Å². The Morgan fingerprint density at radius 1 is 0.929 bits per heavy atom. The molecule has 0 aliphatic rings. The highest BCUT2D eigenvalue weighted by molar-refractivity contribution is 6.16. The molecular weight excluding hydrogens is 364 g/mol. The smallest absolute Gasteiger partial charge is 0.333 e. The largest absolute Gasteiger partial charge is 0.480 e. The summed E-state index contributed by atoms with van der Waals surface area (Å²) in [5.74, 6) is -4.93. The van der Waals surface area contributed by atoms with Crippen molar-refractivity contribution in [1.82, 2.24) is 9.55 Å². The van der Waals surface area contributed by atoms with Gasteiger partial charge in [-0.2, -0.15) is 0 Å². The van der Waals surface area contributed by atoms with Gasteiger partial charge in [-0.05, 0) is 30.2 Å². The van der Waals surface area contributed by atoms with Gasteiger partial charge in [0.2, 0.25) is 0 Å². The number of fused-ring (bicyclic) bond motifs is 1. The van der Waals surface area contributed by atoms with Gasteiger partial charge in [-0.25, -0.2) is 4.98 Å². The number of carbonyl (C=O) groups is 3. The first-order valence-electron chi connectivity index (χ1n) is 8.45. The van der Waals surface area contributed by atoms with E-state index < -0.39 is 29.7 Å². The van der Waals surface area contributed by atoms with Gasteiger partial charge in [0.05, 0.1) is 11.0 Å². The minimum Gasteiger partial charge on any atom is -0.480 e. The highest BCUT2D eigenvalue weighted by Crippen LogP contribution is 2.26. The summed E-state index contributed by atoms with van der Waals surface area (Å²) < 4.78 is 1.98. The van der Waals surface area contributed by atoms with Crippen LogP contribution in [0.2, 0.25) is 0 Å². The van der Waals surface area contributed by atoms with Crippen molar-refractivity contribution in [2.45, 2.75) is 19.9 Å². The SMILES string of the molecule is Cc1nc2ccccc2n1Cc1cccc(CC(C(=O)O)(C(=O)O)C(=O)O)c1. The van der Waals surface area contributed by atoms with E-state index in [0.717, 1.165) is 22.4 Å². The van der Waals surface area contributed by atoms with E-state index in [2.05, 4.69) is 4.98 Å². The summed E-state index contributed by atoms with van der Waals surface area (Å²) in [6.07, 6.45) is -0.662. The molecule has 3 aromatic rings. The number of aromatic nitrogens is 2. The standard InChI is InChI=1S/C20H18N2O6/c1-12-21-15-7-2-3-8-16(15)22(12)11-14-6-4-5-13(9-14)10-20(17(23)24,18(25)26)19(27)28/h2-9H,10-11H2,1H3,(H,23,24)(H,25,26)(H,27,28).